The fraction of sp³-hybridized carbons (Fsp3) is 0.407. The first kappa shape index (κ1) is 25.5. The minimum absolute atomic E-state index is 0.0442. The minimum Gasteiger partial charge on any atom is -0.511 e. The Hall–Kier alpha value is -2.58. The molecule has 0 unspecified atom stereocenters. The first-order valence-corrected chi connectivity index (χ1v) is 13.4. The quantitative estimate of drug-likeness (QED) is 0.322. The van der Waals surface area contributed by atoms with E-state index in [1.807, 2.05) is 25.1 Å². The van der Waals surface area contributed by atoms with Crippen molar-refractivity contribution < 1.29 is 19.0 Å². The first-order valence-electron chi connectivity index (χ1n) is 11.8. The highest BCUT2D eigenvalue weighted by atomic mass is 32.2. The number of carbonyl (C=O) groups excluding carboxylic acids is 1. The van der Waals surface area contributed by atoms with Crippen LogP contribution in [0.1, 0.15) is 64.5 Å². The number of halogens is 1. The second kappa shape index (κ2) is 9.82. The molecular formula is C27H31FN2O3S2. The first-order chi connectivity index (χ1) is 16.5. The molecule has 5 nitrogen and oxygen atoms in total. The van der Waals surface area contributed by atoms with Gasteiger partial charge in [-0.3, -0.25) is 0 Å². The molecule has 186 valence electrons. The molecule has 2 aromatic carbocycles. The number of carbonyl (C=O) groups is 1. The monoisotopic (exact) mass is 514 g/mol. The van der Waals surface area contributed by atoms with E-state index in [4.69, 9.17) is 10.5 Å². The average molecular weight is 515 g/mol. The number of aryl methyl sites for hydroxylation is 1. The number of esters is 1. The van der Waals surface area contributed by atoms with Gasteiger partial charge in [0.2, 0.25) is 0 Å². The summed E-state index contributed by atoms with van der Waals surface area (Å²) in [6, 6.07) is 10.4. The van der Waals surface area contributed by atoms with E-state index in [1.165, 1.54) is 35.2 Å². The van der Waals surface area contributed by atoms with Crippen molar-refractivity contribution in [1.82, 2.24) is 4.98 Å². The lowest BCUT2D eigenvalue weighted by Crippen LogP contribution is -2.40. The van der Waals surface area contributed by atoms with Gasteiger partial charge in [0.1, 0.15) is 22.1 Å². The van der Waals surface area contributed by atoms with Crippen molar-refractivity contribution in [2.45, 2.75) is 75.7 Å². The number of aliphatic hydroxyl groups is 1. The molecule has 0 amide bonds. The maximum Gasteiger partial charge on any atom is 0.349 e. The lowest BCUT2D eigenvalue weighted by molar-refractivity contribution is -0.159. The smallest absolute Gasteiger partial charge is 0.349 e. The number of thioether (sulfide) groups is 1. The van der Waals surface area contributed by atoms with Gasteiger partial charge in [0.15, 0.2) is 5.13 Å². The Kier molecular flexibility index (Phi) is 7.16. The summed E-state index contributed by atoms with van der Waals surface area (Å²) in [5, 5.41) is 11.6. The molecule has 0 bridgehead atoms. The van der Waals surface area contributed by atoms with Crippen LogP contribution in [0.3, 0.4) is 0 Å². The molecule has 8 heteroatoms. The average Bonchev–Trinajstić information content (AvgIpc) is 3.13. The number of nitrogens with two attached hydrogens (primary N) is 1. The molecule has 1 aliphatic rings. The van der Waals surface area contributed by atoms with Crippen LogP contribution in [-0.4, -0.2) is 21.7 Å². The van der Waals surface area contributed by atoms with E-state index in [0.29, 0.717) is 24.4 Å². The van der Waals surface area contributed by atoms with Gasteiger partial charge in [-0.25, -0.2) is 14.2 Å². The summed E-state index contributed by atoms with van der Waals surface area (Å²) in [7, 11) is 0. The summed E-state index contributed by atoms with van der Waals surface area (Å²) in [5.41, 5.74) is 7.59. The highest BCUT2D eigenvalue weighted by Gasteiger charge is 2.41. The number of hydrogen-bond donors (Lipinski definition) is 2. The van der Waals surface area contributed by atoms with Crippen LogP contribution in [0.25, 0.3) is 10.2 Å². The van der Waals surface area contributed by atoms with Gasteiger partial charge in [-0.2, -0.15) is 0 Å². The van der Waals surface area contributed by atoms with Gasteiger partial charge in [0, 0.05) is 11.3 Å². The number of fused-ring (bicyclic) bond motifs is 1. The Balaban J connectivity index is 1.64. The van der Waals surface area contributed by atoms with Gasteiger partial charge in [-0.15, -0.1) is 0 Å². The van der Waals surface area contributed by atoms with Crippen molar-refractivity contribution in [3.05, 3.63) is 64.0 Å². The molecule has 0 radical (unpaired) electrons. The van der Waals surface area contributed by atoms with Crippen LogP contribution in [-0.2, 0) is 21.4 Å². The van der Waals surface area contributed by atoms with Crippen LogP contribution < -0.4 is 5.73 Å². The Morgan fingerprint density at radius 2 is 2.03 bits per heavy atom. The standard InChI is InChI=1S/C27H31FN2O3S2/c1-5-10-27(11-9-16-7-6-8-17(28)12-16)15-20(31)23(24(32)33-27)34-21-14-22-19(30-25(29)35-22)13-18(21)26(2,3)4/h6-8,12-14,31H,5,9-11,15H2,1-4H3,(H2,29,30)/t27-/m0/s1. The number of ether oxygens (including phenoxy) is 1. The lowest BCUT2D eigenvalue weighted by Gasteiger charge is -2.37. The topological polar surface area (TPSA) is 85.4 Å². The molecule has 4 rings (SSSR count). The number of anilines is 1. The van der Waals surface area contributed by atoms with Gasteiger partial charge in [-0.1, -0.05) is 69.3 Å². The second-order valence-electron chi connectivity index (χ2n) is 10.1. The Morgan fingerprint density at radius 1 is 1.26 bits per heavy atom. The van der Waals surface area contributed by atoms with Gasteiger partial charge in [0.25, 0.3) is 0 Å². The van der Waals surface area contributed by atoms with E-state index in [1.54, 1.807) is 6.07 Å². The van der Waals surface area contributed by atoms with Crippen LogP contribution in [0.15, 0.2) is 52.0 Å². The number of nitrogens with zero attached hydrogens (tertiary/aromatic N) is 1. The lowest BCUT2D eigenvalue weighted by atomic mass is 9.85. The van der Waals surface area contributed by atoms with Crippen molar-refractivity contribution in [1.29, 1.82) is 0 Å². The summed E-state index contributed by atoms with van der Waals surface area (Å²) >= 11 is 2.63. The van der Waals surface area contributed by atoms with Crippen molar-refractivity contribution in [2.75, 3.05) is 5.73 Å². The maximum atomic E-state index is 13.6. The maximum absolute atomic E-state index is 13.6. The fourth-order valence-electron chi connectivity index (χ4n) is 4.56. The molecular weight excluding hydrogens is 483 g/mol. The van der Waals surface area contributed by atoms with Gasteiger partial charge >= 0.3 is 5.97 Å². The third kappa shape index (κ3) is 5.64. The predicted molar refractivity (Wildman–Crippen MR) is 141 cm³/mol. The molecule has 1 aromatic heterocycles. The van der Waals surface area contributed by atoms with Crippen LogP contribution in [0.4, 0.5) is 9.52 Å². The third-order valence-corrected chi connectivity index (χ3v) is 8.25. The molecule has 0 aliphatic carbocycles. The van der Waals surface area contributed by atoms with Crippen molar-refractivity contribution >= 4 is 44.4 Å². The minimum atomic E-state index is -0.810. The van der Waals surface area contributed by atoms with Gasteiger partial charge in [0.05, 0.1) is 10.2 Å². The molecule has 2 heterocycles. The van der Waals surface area contributed by atoms with E-state index in [2.05, 4.69) is 25.8 Å². The van der Waals surface area contributed by atoms with Crippen molar-refractivity contribution in [3.63, 3.8) is 0 Å². The van der Waals surface area contributed by atoms with Crippen molar-refractivity contribution in [2.24, 2.45) is 0 Å². The van der Waals surface area contributed by atoms with Crippen molar-refractivity contribution in [3.8, 4) is 0 Å². The fourth-order valence-corrected chi connectivity index (χ4v) is 6.58. The third-order valence-electron chi connectivity index (χ3n) is 6.24. The molecule has 0 spiro atoms. The zero-order chi connectivity index (χ0) is 25.4. The molecule has 3 aromatic rings. The highest BCUT2D eigenvalue weighted by Crippen LogP contribution is 2.45. The largest absolute Gasteiger partial charge is 0.511 e. The number of cyclic esters (lactones) is 1. The number of aromatic nitrogens is 1. The summed E-state index contributed by atoms with van der Waals surface area (Å²) in [5.74, 6) is -0.763. The Bertz CT molecular complexity index is 1300. The van der Waals surface area contributed by atoms with E-state index < -0.39 is 11.6 Å². The van der Waals surface area contributed by atoms with E-state index >= 15 is 0 Å². The molecule has 0 saturated heterocycles. The molecule has 3 N–H and O–H groups in total. The molecule has 1 aliphatic heterocycles. The zero-order valence-electron chi connectivity index (χ0n) is 20.5. The van der Waals surface area contributed by atoms with Crippen LogP contribution >= 0.6 is 23.1 Å². The Labute approximate surface area is 213 Å². The number of aliphatic hydroxyl groups excluding tert-OH is 1. The summed E-state index contributed by atoms with van der Waals surface area (Å²) in [6.45, 7) is 8.31. The van der Waals surface area contributed by atoms with E-state index in [-0.39, 0.29) is 28.3 Å². The van der Waals surface area contributed by atoms with E-state index in [0.717, 1.165) is 32.7 Å². The normalized spacial score (nSPS) is 18.8. The van der Waals surface area contributed by atoms with E-state index in [9.17, 15) is 14.3 Å². The zero-order valence-corrected chi connectivity index (χ0v) is 22.1. The SMILES string of the molecule is CCC[C@]1(CCc2cccc(F)c2)CC(O)=C(Sc2cc3sc(N)nc3cc2C(C)(C)C)C(=O)O1. The summed E-state index contributed by atoms with van der Waals surface area (Å²) in [4.78, 5) is 18.7. The summed E-state index contributed by atoms with van der Waals surface area (Å²) in [6.07, 6.45) is 2.72. The second-order valence-corrected chi connectivity index (χ2v) is 12.2. The van der Waals surface area contributed by atoms with Gasteiger partial charge in [-0.05, 0) is 60.1 Å². The summed E-state index contributed by atoms with van der Waals surface area (Å²) < 4.78 is 20.6. The van der Waals surface area contributed by atoms with Crippen LogP contribution in [0, 0.1) is 5.82 Å². The van der Waals surface area contributed by atoms with Crippen LogP contribution in [0.5, 0.6) is 0 Å². The number of rotatable bonds is 7. The van der Waals surface area contributed by atoms with Crippen LogP contribution in [0.2, 0.25) is 0 Å². The number of benzene rings is 2. The predicted octanol–water partition coefficient (Wildman–Crippen LogP) is 7.30. The number of thiazole rings is 1. The molecule has 1 atom stereocenters. The number of hydrogen-bond acceptors (Lipinski definition) is 7. The molecule has 0 saturated carbocycles. The molecule has 0 fully saturated rings. The Morgan fingerprint density at radius 3 is 2.69 bits per heavy atom. The van der Waals surface area contributed by atoms with Gasteiger partial charge < -0.3 is 15.6 Å². The molecule has 35 heavy (non-hydrogen) atoms. The number of nitrogen functional groups attached to an aromatic ring is 1. The highest BCUT2D eigenvalue weighted by molar-refractivity contribution is 8.04.